The lowest BCUT2D eigenvalue weighted by atomic mass is 9.98. The van der Waals surface area contributed by atoms with Crippen LogP contribution in [-0.2, 0) is 11.3 Å². The molecule has 1 atom stereocenters. The average molecular weight is 442 g/mol. The minimum absolute atomic E-state index is 0.123. The smallest absolute Gasteiger partial charge is 0.232 e. The first-order valence-electron chi connectivity index (χ1n) is 12.3. The lowest BCUT2D eigenvalue weighted by Gasteiger charge is -2.31. The Morgan fingerprint density at radius 2 is 1.88 bits per heavy atom. The summed E-state index contributed by atoms with van der Waals surface area (Å²) in [6, 6.07) is 10.3. The van der Waals surface area contributed by atoms with Crippen LogP contribution in [0.2, 0.25) is 0 Å². The number of hydrogen-bond acceptors (Lipinski definition) is 6. The molecule has 1 aliphatic carbocycles. The zero-order valence-corrected chi connectivity index (χ0v) is 19.9. The molecular formula is C26H39N3O3. The first kappa shape index (κ1) is 23.3. The Kier molecular flexibility index (Phi) is 7.87. The number of nitrogens with zero attached hydrogens (tertiary/aromatic N) is 3. The largest absolute Gasteiger partial charge is 0.389 e. The molecular weight excluding hydrogens is 402 g/mol. The molecule has 2 aromatic rings. The lowest BCUT2D eigenvalue weighted by Crippen LogP contribution is -2.37. The Morgan fingerprint density at radius 1 is 1.16 bits per heavy atom. The molecule has 32 heavy (non-hydrogen) atoms. The van der Waals surface area contributed by atoms with Gasteiger partial charge in [-0.05, 0) is 51.4 Å². The van der Waals surface area contributed by atoms with Gasteiger partial charge < -0.3 is 19.3 Å². The zero-order valence-electron chi connectivity index (χ0n) is 19.9. The number of piperidine rings is 1. The summed E-state index contributed by atoms with van der Waals surface area (Å²) in [5.41, 5.74) is 3.15. The SMILES string of the molecule is CC1CCN(c2onc(-c3ccccc3)c2CN(CC2CC2)C[C@@H](O)COC(C)C)CC1. The van der Waals surface area contributed by atoms with Crippen LogP contribution in [0.3, 0.4) is 0 Å². The number of ether oxygens (including phenoxy) is 1. The summed E-state index contributed by atoms with van der Waals surface area (Å²) in [7, 11) is 0. The quantitative estimate of drug-likeness (QED) is 0.551. The third-order valence-corrected chi connectivity index (χ3v) is 6.57. The normalized spacial score (nSPS) is 18.6. The summed E-state index contributed by atoms with van der Waals surface area (Å²) in [4.78, 5) is 4.74. The van der Waals surface area contributed by atoms with Crippen LogP contribution in [0.15, 0.2) is 34.9 Å². The summed E-state index contributed by atoms with van der Waals surface area (Å²) < 4.78 is 11.7. The van der Waals surface area contributed by atoms with Gasteiger partial charge in [0.2, 0.25) is 5.88 Å². The van der Waals surface area contributed by atoms with Crippen LogP contribution in [0.25, 0.3) is 11.3 Å². The summed E-state index contributed by atoms with van der Waals surface area (Å²) in [6.45, 7) is 11.0. The Bertz CT molecular complexity index is 826. The van der Waals surface area contributed by atoms with Crippen molar-refractivity contribution in [2.45, 2.75) is 65.2 Å². The van der Waals surface area contributed by atoms with Crippen LogP contribution in [0.5, 0.6) is 0 Å². The van der Waals surface area contributed by atoms with E-state index in [1.807, 2.05) is 32.0 Å². The summed E-state index contributed by atoms with van der Waals surface area (Å²) in [5.74, 6) is 2.39. The monoisotopic (exact) mass is 441 g/mol. The molecule has 2 aliphatic rings. The molecule has 1 saturated heterocycles. The van der Waals surface area contributed by atoms with Crippen LogP contribution in [0.4, 0.5) is 5.88 Å². The number of aliphatic hydroxyl groups excluding tert-OH is 1. The number of aromatic nitrogens is 1. The van der Waals surface area contributed by atoms with Gasteiger partial charge in [-0.1, -0.05) is 42.4 Å². The molecule has 4 rings (SSSR count). The van der Waals surface area contributed by atoms with Gasteiger partial charge in [0.05, 0.1) is 24.4 Å². The van der Waals surface area contributed by atoms with Gasteiger partial charge in [-0.15, -0.1) is 0 Å². The van der Waals surface area contributed by atoms with Crippen molar-refractivity contribution in [3.8, 4) is 11.3 Å². The standard InChI is InChI=1S/C26H39N3O3/c1-19(2)31-18-23(30)16-28(15-21-9-10-21)17-24-25(22-7-5-4-6-8-22)27-32-26(24)29-13-11-20(3)12-14-29/h4-8,19-21,23,30H,9-18H2,1-3H3/t23-/m1/s1. The van der Waals surface area contributed by atoms with E-state index in [1.54, 1.807) is 0 Å². The van der Waals surface area contributed by atoms with E-state index in [9.17, 15) is 5.11 Å². The van der Waals surface area contributed by atoms with Crippen molar-refractivity contribution >= 4 is 5.88 Å². The minimum Gasteiger partial charge on any atom is -0.389 e. The maximum Gasteiger partial charge on any atom is 0.232 e. The Hall–Kier alpha value is -1.89. The number of benzene rings is 1. The van der Waals surface area contributed by atoms with Gasteiger partial charge in [0, 0.05) is 38.3 Å². The molecule has 6 nitrogen and oxygen atoms in total. The van der Waals surface area contributed by atoms with E-state index in [4.69, 9.17) is 9.26 Å². The molecule has 6 heteroatoms. The van der Waals surface area contributed by atoms with Gasteiger partial charge in [-0.3, -0.25) is 4.90 Å². The van der Waals surface area contributed by atoms with E-state index in [-0.39, 0.29) is 6.10 Å². The second-order valence-electron chi connectivity index (χ2n) is 10.0. The predicted molar refractivity (Wildman–Crippen MR) is 128 cm³/mol. The molecule has 2 fully saturated rings. The Balaban J connectivity index is 1.57. The van der Waals surface area contributed by atoms with Crippen molar-refractivity contribution in [1.29, 1.82) is 0 Å². The van der Waals surface area contributed by atoms with Gasteiger partial charge in [-0.2, -0.15) is 0 Å². The fourth-order valence-corrected chi connectivity index (χ4v) is 4.47. The lowest BCUT2D eigenvalue weighted by molar-refractivity contribution is -0.0100. The third kappa shape index (κ3) is 6.33. The molecule has 0 bridgehead atoms. The van der Waals surface area contributed by atoms with Crippen molar-refractivity contribution in [1.82, 2.24) is 10.1 Å². The highest BCUT2D eigenvalue weighted by atomic mass is 16.5. The van der Waals surface area contributed by atoms with Crippen LogP contribution >= 0.6 is 0 Å². The van der Waals surface area contributed by atoms with Crippen molar-refractivity contribution in [2.75, 3.05) is 37.7 Å². The second kappa shape index (κ2) is 10.8. The molecule has 1 N–H and O–H groups in total. The van der Waals surface area contributed by atoms with E-state index >= 15 is 0 Å². The van der Waals surface area contributed by atoms with Crippen LogP contribution in [0.1, 0.15) is 52.0 Å². The van der Waals surface area contributed by atoms with Gasteiger partial charge in [0.1, 0.15) is 5.69 Å². The van der Waals surface area contributed by atoms with Crippen LogP contribution in [-0.4, -0.2) is 60.2 Å². The van der Waals surface area contributed by atoms with Crippen LogP contribution in [0, 0.1) is 11.8 Å². The van der Waals surface area contributed by atoms with Gasteiger partial charge in [0.15, 0.2) is 0 Å². The van der Waals surface area contributed by atoms with Crippen molar-refractivity contribution in [3.05, 3.63) is 35.9 Å². The Morgan fingerprint density at radius 3 is 2.53 bits per heavy atom. The summed E-state index contributed by atoms with van der Waals surface area (Å²) in [5, 5.41) is 15.2. The summed E-state index contributed by atoms with van der Waals surface area (Å²) in [6.07, 6.45) is 4.53. The van der Waals surface area contributed by atoms with Gasteiger partial charge in [-0.25, -0.2) is 0 Å². The second-order valence-corrected chi connectivity index (χ2v) is 10.0. The maximum absolute atomic E-state index is 10.6. The van der Waals surface area contributed by atoms with E-state index in [0.29, 0.717) is 13.2 Å². The van der Waals surface area contributed by atoms with Crippen molar-refractivity contribution in [3.63, 3.8) is 0 Å². The highest BCUT2D eigenvalue weighted by Crippen LogP contribution is 2.36. The highest BCUT2D eigenvalue weighted by molar-refractivity contribution is 5.68. The summed E-state index contributed by atoms with van der Waals surface area (Å²) >= 11 is 0. The number of hydrogen-bond donors (Lipinski definition) is 1. The first-order valence-corrected chi connectivity index (χ1v) is 12.3. The molecule has 1 aliphatic heterocycles. The molecule has 0 spiro atoms. The van der Waals surface area contributed by atoms with Crippen molar-refractivity contribution in [2.24, 2.45) is 11.8 Å². The Labute approximate surface area is 192 Å². The molecule has 0 amide bonds. The van der Waals surface area contributed by atoms with E-state index < -0.39 is 6.10 Å². The van der Waals surface area contributed by atoms with E-state index in [1.165, 1.54) is 25.7 Å². The molecule has 176 valence electrons. The van der Waals surface area contributed by atoms with E-state index in [2.05, 4.69) is 34.0 Å². The fourth-order valence-electron chi connectivity index (χ4n) is 4.47. The first-order chi connectivity index (χ1) is 15.5. The number of rotatable bonds is 11. The third-order valence-electron chi connectivity index (χ3n) is 6.57. The average Bonchev–Trinajstić information content (AvgIpc) is 3.50. The molecule has 0 radical (unpaired) electrons. The topological polar surface area (TPSA) is 62.0 Å². The van der Waals surface area contributed by atoms with Crippen LogP contribution < -0.4 is 4.90 Å². The van der Waals surface area contributed by atoms with Gasteiger partial charge >= 0.3 is 0 Å². The number of aliphatic hydroxyl groups is 1. The van der Waals surface area contributed by atoms with Crippen molar-refractivity contribution < 1.29 is 14.4 Å². The minimum atomic E-state index is -0.504. The molecule has 1 aromatic carbocycles. The predicted octanol–water partition coefficient (Wildman–Crippen LogP) is 4.58. The highest BCUT2D eigenvalue weighted by Gasteiger charge is 2.30. The molecule has 0 unspecified atom stereocenters. The zero-order chi connectivity index (χ0) is 22.5. The number of anilines is 1. The maximum atomic E-state index is 10.6. The van der Waals surface area contributed by atoms with E-state index in [0.717, 1.165) is 60.7 Å². The molecule has 2 heterocycles. The van der Waals surface area contributed by atoms with Gasteiger partial charge in [0.25, 0.3) is 0 Å². The fraction of sp³-hybridized carbons (Fsp3) is 0.654. The molecule has 1 aromatic heterocycles. The molecule has 1 saturated carbocycles.